The summed E-state index contributed by atoms with van der Waals surface area (Å²) in [6.07, 6.45) is 6.38. The van der Waals surface area contributed by atoms with Gasteiger partial charge in [-0.25, -0.2) is 4.98 Å². The maximum Gasteiger partial charge on any atom is 0.191 e. The van der Waals surface area contributed by atoms with Gasteiger partial charge in [0, 0.05) is 31.7 Å². The number of halogens is 1. The van der Waals surface area contributed by atoms with Gasteiger partial charge in [-0.3, -0.25) is 4.99 Å². The summed E-state index contributed by atoms with van der Waals surface area (Å²) < 4.78 is 5.58. The second-order valence-electron chi connectivity index (χ2n) is 6.29. The van der Waals surface area contributed by atoms with Crippen molar-refractivity contribution in [2.24, 2.45) is 10.4 Å². The Morgan fingerprint density at radius 1 is 1.38 bits per heavy atom. The van der Waals surface area contributed by atoms with Crippen LogP contribution in [0.1, 0.15) is 49.6 Å². The highest BCUT2D eigenvalue weighted by Crippen LogP contribution is 2.40. The van der Waals surface area contributed by atoms with Gasteiger partial charge >= 0.3 is 0 Å². The highest BCUT2D eigenvalue weighted by Gasteiger charge is 2.33. The van der Waals surface area contributed by atoms with Gasteiger partial charge in [0.05, 0.1) is 17.7 Å². The molecule has 0 saturated heterocycles. The lowest BCUT2D eigenvalue weighted by atomic mass is 9.83. The minimum Gasteiger partial charge on any atom is -0.382 e. The van der Waals surface area contributed by atoms with Crippen molar-refractivity contribution in [3.8, 4) is 0 Å². The van der Waals surface area contributed by atoms with Gasteiger partial charge in [-0.05, 0) is 38.5 Å². The fourth-order valence-electron chi connectivity index (χ4n) is 3.22. The number of nitrogens with zero attached hydrogens (tertiary/aromatic N) is 2. The minimum atomic E-state index is 0. The lowest BCUT2D eigenvalue weighted by Gasteiger charge is -2.30. The summed E-state index contributed by atoms with van der Waals surface area (Å²) in [4.78, 5) is 9.90. The third kappa shape index (κ3) is 6.48. The number of ether oxygens (including phenoxy) is 1. The summed E-state index contributed by atoms with van der Waals surface area (Å²) in [5.41, 5.74) is 3.36. The number of thiazole rings is 1. The van der Waals surface area contributed by atoms with E-state index in [0.717, 1.165) is 44.4 Å². The quantitative estimate of drug-likeness (QED) is 0.265. The van der Waals surface area contributed by atoms with Gasteiger partial charge in [0.1, 0.15) is 0 Å². The molecule has 24 heavy (non-hydrogen) atoms. The Morgan fingerprint density at radius 2 is 2.12 bits per heavy atom. The first-order valence-electron chi connectivity index (χ1n) is 8.60. The number of nitrogens with one attached hydrogen (secondary N) is 2. The molecular formula is C17H31IN4OS. The van der Waals surface area contributed by atoms with E-state index in [4.69, 9.17) is 4.74 Å². The largest absolute Gasteiger partial charge is 0.382 e. The molecule has 0 spiro atoms. The van der Waals surface area contributed by atoms with Gasteiger partial charge in [-0.15, -0.1) is 35.3 Å². The van der Waals surface area contributed by atoms with Gasteiger partial charge in [-0.1, -0.05) is 12.8 Å². The monoisotopic (exact) mass is 466 g/mol. The van der Waals surface area contributed by atoms with E-state index < -0.39 is 0 Å². The van der Waals surface area contributed by atoms with Crippen LogP contribution in [0.25, 0.3) is 0 Å². The first-order chi connectivity index (χ1) is 11.2. The predicted octanol–water partition coefficient (Wildman–Crippen LogP) is 3.72. The molecule has 0 aromatic carbocycles. The van der Waals surface area contributed by atoms with Gasteiger partial charge in [0.25, 0.3) is 0 Å². The van der Waals surface area contributed by atoms with Crippen molar-refractivity contribution in [2.75, 3.05) is 26.8 Å². The molecule has 1 aliphatic carbocycles. The highest BCUT2D eigenvalue weighted by molar-refractivity contribution is 14.0. The number of aryl methyl sites for hydroxylation is 1. The highest BCUT2D eigenvalue weighted by atomic mass is 127. The van der Waals surface area contributed by atoms with Gasteiger partial charge in [0.2, 0.25) is 0 Å². The molecular weight excluding hydrogens is 435 g/mol. The molecule has 0 aliphatic heterocycles. The van der Waals surface area contributed by atoms with Crippen LogP contribution >= 0.6 is 35.3 Å². The number of aromatic nitrogens is 1. The molecule has 7 heteroatoms. The van der Waals surface area contributed by atoms with E-state index in [-0.39, 0.29) is 24.0 Å². The fraction of sp³-hybridized carbons (Fsp3) is 0.765. The molecule has 5 nitrogen and oxygen atoms in total. The molecule has 138 valence electrons. The molecule has 1 heterocycles. The second-order valence-corrected chi connectivity index (χ2v) is 7.23. The standard InChI is InChI=1S/C17H30N4OS.HI/c1-4-22-10-9-17(7-5-6-8-17)12-20-16(18-3)19-11-15-14(2)21-13-23-15;/h13H,4-12H2,1-3H3,(H2,18,19,20);1H. The number of rotatable bonds is 8. The first kappa shape index (κ1) is 21.6. The molecule has 0 bridgehead atoms. The lowest BCUT2D eigenvalue weighted by Crippen LogP contribution is -2.43. The Labute approximate surface area is 167 Å². The van der Waals surface area contributed by atoms with Crippen molar-refractivity contribution >= 4 is 41.3 Å². The van der Waals surface area contributed by atoms with Gasteiger partial charge in [0.15, 0.2) is 5.96 Å². The van der Waals surface area contributed by atoms with Crippen LogP contribution in [0.3, 0.4) is 0 Å². The van der Waals surface area contributed by atoms with Crippen molar-refractivity contribution in [1.29, 1.82) is 0 Å². The second kappa shape index (κ2) is 11.3. The van der Waals surface area contributed by atoms with Crippen LogP contribution in [0.2, 0.25) is 0 Å². The van der Waals surface area contributed by atoms with Crippen LogP contribution in [0, 0.1) is 12.3 Å². The van der Waals surface area contributed by atoms with Gasteiger partial charge < -0.3 is 15.4 Å². The maximum atomic E-state index is 5.58. The Kier molecular flexibility index (Phi) is 10.1. The van der Waals surface area contributed by atoms with Crippen LogP contribution in [-0.2, 0) is 11.3 Å². The Hall–Kier alpha value is -0.410. The average Bonchev–Trinajstić information content (AvgIpc) is 3.18. The minimum absolute atomic E-state index is 0. The average molecular weight is 466 g/mol. The molecule has 0 unspecified atom stereocenters. The van der Waals surface area contributed by atoms with E-state index in [9.17, 15) is 0 Å². The topological polar surface area (TPSA) is 58.5 Å². The van der Waals surface area contributed by atoms with Crippen LogP contribution in [-0.4, -0.2) is 37.7 Å². The summed E-state index contributed by atoms with van der Waals surface area (Å²) in [5.74, 6) is 0.875. The fourth-order valence-corrected chi connectivity index (χ4v) is 3.94. The van der Waals surface area contributed by atoms with Crippen molar-refractivity contribution < 1.29 is 4.74 Å². The predicted molar refractivity (Wildman–Crippen MR) is 112 cm³/mol. The number of hydrogen-bond acceptors (Lipinski definition) is 4. The zero-order chi connectivity index (χ0) is 16.5. The molecule has 1 aliphatic rings. The van der Waals surface area contributed by atoms with Crippen molar-refractivity contribution in [1.82, 2.24) is 15.6 Å². The molecule has 1 aromatic heterocycles. The van der Waals surface area contributed by atoms with E-state index in [1.54, 1.807) is 11.3 Å². The van der Waals surface area contributed by atoms with Gasteiger partial charge in [-0.2, -0.15) is 0 Å². The van der Waals surface area contributed by atoms with Crippen molar-refractivity contribution in [3.63, 3.8) is 0 Å². The lowest BCUT2D eigenvalue weighted by molar-refractivity contribution is 0.105. The SMILES string of the molecule is CCOCCC1(CNC(=NC)NCc2scnc2C)CCCC1.I. The smallest absolute Gasteiger partial charge is 0.191 e. The summed E-state index contributed by atoms with van der Waals surface area (Å²) in [5, 5.41) is 6.93. The molecule has 1 fully saturated rings. The molecule has 0 amide bonds. The molecule has 2 rings (SSSR count). The normalized spacial score (nSPS) is 16.7. The molecule has 0 atom stereocenters. The number of hydrogen-bond donors (Lipinski definition) is 2. The molecule has 1 saturated carbocycles. The van der Waals surface area contributed by atoms with Crippen molar-refractivity contribution in [2.45, 2.75) is 52.5 Å². The molecule has 1 aromatic rings. The van der Waals surface area contributed by atoms with E-state index in [2.05, 4.69) is 27.5 Å². The molecule has 2 N–H and O–H groups in total. The zero-order valence-corrected chi connectivity index (χ0v) is 18.2. The van der Waals surface area contributed by atoms with Crippen molar-refractivity contribution in [3.05, 3.63) is 16.1 Å². The third-order valence-electron chi connectivity index (χ3n) is 4.76. The third-order valence-corrected chi connectivity index (χ3v) is 5.70. The molecule has 0 radical (unpaired) electrons. The van der Waals surface area contributed by atoms with Crippen LogP contribution in [0.4, 0.5) is 0 Å². The van der Waals surface area contributed by atoms with Crippen LogP contribution < -0.4 is 10.6 Å². The number of aliphatic imine (C=N–C) groups is 1. The summed E-state index contributed by atoms with van der Waals surface area (Å²) >= 11 is 1.69. The van der Waals surface area contributed by atoms with Crippen LogP contribution in [0.5, 0.6) is 0 Å². The Morgan fingerprint density at radius 3 is 2.71 bits per heavy atom. The van der Waals surface area contributed by atoms with E-state index in [1.165, 1.54) is 30.6 Å². The van der Waals surface area contributed by atoms with E-state index >= 15 is 0 Å². The van der Waals surface area contributed by atoms with E-state index in [0.29, 0.717) is 5.41 Å². The van der Waals surface area contributed by atoms with Crippen LogP contribution in [0.15, 0.2) is 10.5 Å². The first-order valence-corrected chi connectivity index (χ1v) is 9.48. The maximum absolute atomic E-state index is 5.58. The summed E-state index contributed by atoms with van der Waals surface area (Å²) in [6.45, 7) is 7.53. The zero-order valence-electron chi connectivity index (χ0n) is 15.1. The summed E-state index contributed by atoms with van der Waals surface area (Å²) in [7, 11) is 1.83. The Bertz CT molecular complexity index is 501. The Balaban J connectivity index is 0.00000288. The summed E-state index contributed by atoms with van der Waals surface area (Å²) in [6, 6.07) is 0. The van der Waals surface area contributed by atoms with E-state index in [1.807, 2.05) is 19.5 Å². The number of guanidine groups is 1.